The van der Waals surface area contributed by atoms with E-state index in [0.29, 0.717) is 56.8 Å². The van der Waals surface area contributed by atoms with E-state index >= 15 is 0 Å². The second kappa shape index (κ2) is 21.7. The molecule has 1 saturated heterocycles. The van der Waals surface area contributed by atoms with Crippen molar-refractivity contribution in [1.82, 2.24) is 20.8 Å². The molecule has 6 unspecified atom stereocenters. The fourth-order valence-electron chi connectivity index (χ4n) is 7.73. The van der Waals surface area contributed by atoms with Gasteiger partial charge in [-0.3, -0.25) is 14.4 Å². The van der Waals surface area contributed by atoms with E-state index in [2.05, 4.69) is 15.9 Å². The van der Waals surface area contributed by atoms with Gasteiger partial charge in [0.2, 0.25) is 17.7 Å². The Labute approximate surface area is 344 Å². The molecule has 0 bridgehead atoms. The van der Waals surface area contributed by atoms with Crippen LogP contribution in [0.15, 0.2) is 91.0 Å². The molecule has 13 nitrogen and oxygen atoms in total. The number of hydrogen-bond acceptors (Lipinski definition) is 10. The van der Waals surface area contributed by atoms with Crippen LogP contribution in [0.5, 0.6) is 11.5 Å². The Bertz CT molecular complexity index is 1880. The highest BCUT2D eigenvalue weighted by atomic mass is 32.2. The molecule has 58 heavy (non-hydrogen) atoms. The fraction of sp³-hybridized carbons (Fsp3) is 0.500. The minimum Gasteiger partial charge on any atom is -0.415 e. The lowest BCUT2D eigenvalue weighted by Crippen LogP contribution is -2.59. The summed E-state index contributed by atoms with van der Waals surface area (Å²) < 4.78 is 57.4. The number of carbonyl (C=O) groups is 3. The summed E-state index contributed by atoms with van der Waals surface area (Å²) in [4.78, 5) is 44.4. The first-order valence-electron chi connectivity index (χ1n) is 20.2. The molecule has 3 amide bonds. The summed E-state index contributed by atoms with van der Waals surface area (Å²) in [6, 6.07) is 23.5. The Kier molecular flexibility index (Phi) is 16.8. The third kappa shape index (κ3) is 12.9. The first-order chi connectivity index (χ1) is 27.9. The van der Waals surface area contributed by atoms with Crippen LogP contribution in [0.1, 0.15) is 76.7 Å². The number of para-hydroxylation sites is 2. The van der Waals surface area contributed by atoms with Gasteiger partial charge < -0.3 is 34.5 Å². The van der Waals surface area contributed by atoms with E-state index in [4.69, 9.17) is 21.8 Å². The monoisotopic (exact) mass is 834 g/mol. The van der Waals surface area contributed by atoms with Crippen LogP contribution >= 0.6 is 7.60 Å². The average molecular weight is 835 g/mol. The molecular weight excluding hydrogens is 778 g/mol. The minimum atomic E-state index is -4.14. The molecule has 3 aromatic carbocycles. The lowest BCUT2D eigenvalue weighted by atomic mass is 9.84. The normalized spacial score (nSPS) is 19.6. The molecule has 312 valence electrons. The van der Waals surface area contributed by atoms with Gasteiger partial charge in [-0.2, -0.15) is 0 Å². The van der Waals surface area contributed by atoms with Crippen LogP contribution in [0, 0.1) is 5.92 Å². The molecule has 2 aliphatic rings. The second-order valence-electron chi connectivity index (χ2n) is 15.1. The SMILES string of the molecule is [B]NC(CCCCOCc1ccccc1)C(=O)NC(CCS(C)(=O)=O)C(=O)N1C(C(=O)NC(CC)P(=O)(Oc2ccccc2)Oc2ccccc2)CC2CCCCC21. The van der Waals surface area contributed by atoms with Gasteiger partial charge in [-0.1, -0.05) is 86.5 Å². The van der Waals surface area contributed by atoms with Gasteiger partial charge in [0.1, 0.15) is 33.4 Å². The number of likely N-dealkylation sites (tertiary alicyclic amines) is 1. The number of unbranched alkanes of at least 4 members (excludes halogenated alkanes) is 1. The summed E-state index contributed by atoms with van der Waals surface area (Å²) >= 11 is 0. The molecule has 1 aliphatic carbocycles. The quantitative estimate of drug-likeness (QED) is 0.0649. The highest BCUT2D eigenvalue weighted by Gasteiger charge is 2.50. The molecule has 2 radical (unpaired) electrons. The van der Waals surface area contributed by atoms with Gasteiger partial charge in [0, 0.05) is 18.9 Å². The zero-order valence-corrected chi connectivity index (χ0v) is 35.1. The van der Waals surface area contributed by atoms with Crippen molar-refractivity contribution in [1.29, 1.82) is 0 Å². The summed E-state index contributed by atoms with van der Waals surface area (Å²) in [6.07, 6.45) is 6.25. The number of rotatable bonds is 22. The second-order valence-corrected chi connectivity index (χ2v) is 19.5. The van der Waals surface area contributed by atoms with Gasteiger partial charge in [-0.05, 0) is 87.1 Å². The number of fused-ring (bicyclic) bond motifs is 1. The van der Waals surface area contributed by atoms with Crippen LogP contribution in [-0.2, 0) is 40.1 Å². The van der Waals surface area contributed by atoms with Gasteiger partial charge in [0.05, 0.1) is 18.4 Å². The maximum Gasteiger partial charge on any atom is 0.452 e. The Morgan fingerprint density at radius 2 is 1.45 bits per heavy atom. The zero-order chi connectivity index (χ0) is 41.5. The summed E-state index contributed by atoms with van der Waals surface area (Å²) in [5.74, 6) is -2.49. The standard InChI is InChI=1S/C42H56BN4O9PS/c1-3-39(57(51,55-33-20-9-5-10-21-33)56-34-22-11-6-12-23-34)45-41(49)38-29-32-19-13-14-25-37(32)47(38)42(50)36(26-28-58(2,52)53)44-40(48)35(46-43)24-15-16-27-54-30-31-17-7-4-8-18-31/h4-12,17-18,20-23,32,35-39,46H,3,13-16,19,24-30H2,1-2H3,(H,44,48)(H,45,49). The largest absolute Gasteiger partial charge is 0.452 e. The smallest absolute Gasteiger partial charge is 0.415 e. The number of hydrogen-bond donors (Lipinski definition) is 3. The van der Waals surface area contributed by atoms with E-state index in [1.165, 1.54) is 4.90 Å². The van der Waals surface area contributed by atoms with Crippen molar-refractivity contribution in [3.05, 3.63) is 96.6 Å². The van der Waals surface area contributed by atoms with Crippen molar-refractivity contribution in [2.45, 2.75) is 108 Å². The summed E-state index contributed by atoms with van der Waals surface area (Å²) in [7, 11) is -1.86. The lowest BCUT2D eigenvalue weighted by molar-refractivity contribution is -0.144. The molecule has 6 atom stereocenters. The van der Waals surface area contributed by atoms with Gasteiger partial charge in [0.25, 0.3) is 0 Å². The van der Waals surface area contributed by atoms with Crippen LogP contribution < -0.4 is 24.9 Å². The van der Waals surface area contributed by atoms with Crippen molar-refractivity contribution in [3.63, 3.8) is 0 Å². The number of amides is 3. The van der Waals surface area contributed by atoms with Crippen molar-refractivity contribution in [2.75, 3.05) is 18.6 Å². The van der Waals surface area contributed by atoms with Gasteiger partial charge >= 0.3 is 7.60 Å². The molecule has 5 rings (SSSR count). The minimum absolute atomic E-state index is 0.00953. The topological polar surface area (TPSA) is 169 Å². The van der Waals surface area contributed by atoms with Gasteiger partial charge in [-0.25, -0.2) is 13.0 Å². The van der Waals surface area contributed by atoms with Gasteiger partial charge in [0.15, 0.2) is 13.8 Å². The third-order valence-electron chi connectivity index (χ3n) is 10.7. The van der Waals surface area contributed by atoms with E-state index in [0.717, 1.165) is 31.1 Å². The maximum absolute atomic E-state index is 14.7. The Balaban J connectivity index is 1.32. The van der Waals surface area contributed by atoms with Crippen LogP contribution in [0.2, 0.25) is 0 Å². The predicted molar refractivity (Wildman–Crippen MR) is 224 cm³/mol. The summed E-state index contributed by atoms with van der Waals surface area (Å²) in [5.41, 5.74) is 1.06. The Morgan fingerprint density at radius 3 is 2.03 bits per heavy atom. The molecular formula is C42H56BN4O9PS. The number of ether oxygens (including phenoxy) is 1. The van der Waals surface area contributed by atoms with E-state index in [9.17, 15) is 27.4 Å². The predicted octanol–water partition coefficient (Wildman–Crippen LogP) is 5.70. The first-order valence-corrected chi connectivity index (χ1v) is 23.9. The third-order valence-corrected chi connectivity index (χ3v) is 13.9. The fourth-order valence-corrected chi connectivity index (χ4v) is 10.2. The Morgan fingerprint density at radius 1 is 0.845 bits per heavy atom. The molecule has 2 fully saturated rings. The molecule has 1 aliphatic heterocycles. The Hall–Kier alpha value is -4.17. The van der Waals surface area contributed by atoms with E-state index in [1.54, 1.807) is 67.6 Å². The maximum atomic E-state index is 14.7. The number of nitrogens with one attached hydrogen (secondary N) is 3. The zero-order valence-electron chi connectivity index (χ0n) is 33.4. The van der Waals surface area contributed by atoms with Crippen LogP contribution in [-0.4, -0.2) is 87.6 Å². The molecule has 1 saturated carbocycles. The highest BCUT2D eigenvalue weighted by Crippen LogP contribution is 2.53. The molecule has 0 spiro atoms. The summed E-state index contributed by atoms with van der Waals surface area (Å²) in [5, 5.41) is 8.26. The number of carbonyl (C=O) groups excluding carboxylic acids is 3. The molecule has 0 aromatic heterocycles. The van der Waals surface area contributed by atoms with Crippen LogP contribution in [0.3, 0.4) is 0 Å². The first kappa shape index (κ1) is 44.9. The van der Waals surface area contributed by atoms with Crippen molar-refractivity contribution in [3.8, 4) is 11.5 Å². The number of benzene rings is 3. The van der Waals surface area contributed by atoms with Gasteiger partial charge in [-0.15, -0.1) is 0 Å². The number of sulfone groups is 1. The average Bonchev–Trinajstić information content (AvgIpc) is 3.61. The van der Waals surface area contributed by atoms with Crippen LogP contribution in [0.25, 0.3) is 0 Å². The van der Waals surface area contributed by atoms with E-state index in [1.807, 2.05) is 30.3 Å². The van der Waals surface area contributed by atoms with E-state index < -0.39 is 59.1 Å². The molecule has 3 N–H and O–H groups in total. The van der Waals surface area contributed by atoms with E-state index in [-0.39, 0.29) is 30.6 Å². The number of nitrogens with zero attached hydrogens (tertiary/aromatic N) is 1. The molecule has 3 aromatic rings. The summed E-state index contributed by atoms with van der Waals surface area (Å²) in [6.45, 7) is 2.71. The lowest BCUT2D eigenvalue weighted by Gasteiger charge is -2.37. The van der Waals surface area contributed by atoms with Crippen molar-refractivity contribution < 1.29 is 41.2 Å². The van der Waals surface area contributed by atoms with Crippen LogP contribution in [0.4, 0.5) is 0 Å². The highest BCUT2D eigenvalue weighted by molar-refractivity contribution is 7.90. The van der Waals surface area contributed by atoms with Crippen molar-refractivity contribution >= 4 is 43.1 Å². The molecule has 1 heterocycles. The van der Waals surface area contributed by atoms with Crippen molar-refractivity contribution in [2.24, 2.45) is 5.92 Å². The molecule has 16 heteroatoms.